The number of aromatic nitrogens is 4. The van der Waals surface area contributed by atoms with Gasteiger partial charge in [0.25, 0.3) is 0 Å². The number of aryl methyl sites for hydroxylation is 4. The molecule has 0 aliphatic heterocycles. The Kier molecular flexibility index (Phi) is 71.3. The smallest absolute Gasteiger partial charge is 0.309 e. The number of unbranched alkanes of at least 4 members (excludes halogenated alkanes) is 44. The molecular formula is C102H194N6O8. The Bertz CT molecular complexity index is 2260. The summed E-state index contributed by atoms with van der Waals surface area (Å²) in [6.45, 7) is 30.6. The zero-order valence-corrected chi connectivity index (χ0v) is 78.6. The molecule has 0 aliphatic rings. The van der Waals surface area contributed by atoms with Gasteiger partial charge < -0.3 is 39.4 Å². The van der Waals surface area contributed by atoms with E-state index in [1.54, 1.807) is 0 Å². The lowest BCUT2D eigenvalue weighted by Gasteiger charge is -2.30. The quantitative estimate of drug-likeness (QED) is 0.0459. The van der Waals surface area contributed by atoms with Crippen LogP contribution in [0.2, 0.25) is 0 Å². The van der Waals surface area contributed by atoms with Crippen molar-refractivity contribution in [3.05, 3.63) is 36.4 Å². The number of carbonyl (C=O) groups is 4. The second kappa shape index (κ2) is 75.0. The van der Waals surface area contributed by atoms with Crippen molar-refractivity contribution in [2.45, 2.75) is 532 Å². The Hall–Kier alpha value is -3.78. The first-order valence-corrected chi connectivity index (χ1v) is 50.7. The molecule has 680 valence electrons. The summed E-state index contributed by atoms with van der Waals surface area (Å²) in [5, 5.41) is 42.2. The molecule has 14 heteroatoms. The van der Waals surface area contributed by atoms with E-state index in [-0.39, 0.29) is 0 Å². The first-order chi connectivity index (χ1) is 56.4. The third-order valence-electron chi connectivity index (χ3n) is 27.0. The molecule has 0 amide bonds. The molecule has 0 aliphatic carbocycles. The van der Waals surface area contributed by atoms with Crippen molar-refractivity contribution in [2.75, 3.05) is 39.3 Å². The molecule has 116 heavy (non-hydrogen) atoms. The van der Waals surface area contributed by atoms with Crippen LogP contribution in [-0.2, 0) is 32.3 Å². The van der Waals surface area contributed by atoms with Gasteiger partial charge in [-0.25, -0.2) is 9.97 Å². The summed E-state index contributed by atoms with van der Waals surface area (Å²) in [4.78, 5) is 65.4. The molecule has 0 fully saturated rings. The molecule has 4 N–H and O–H groups in total. The number of aliphatic carboxylic acids is 4. The third-order valence-corrected chi connectivity index (χ3v) is 27.0. The molecular weight excluding hydrogens is 1440 g/mol. The van der Waals surface area contributed by atoms with E-state index >= 15 is 0 Å². The molecule has 0 saturated carbocycles. The summed E-state index contributed by atoms with van der Waals surface area (Å²) in [5.41, 5.74) is -2.15. The van der Waals surface area contributed by atoms with Crippen molar-refractivity contribution in [3.63, 3.8) is 0 Å². The molecule has 4 atom stereocenters. The molecule has 0 aromatic carbocycles. The molecule has 2 aromatic rings. The van der Waals surface area contributed by atoms with Crippen LogP contribution in [0.15, 0.2) is 24.8 Å². The van der Waals surface area contributed by atoms with Gasteiger partial charge in [-0.3, -0.25) is 19.2 Å². The highest BCUT2D eigenvalue weighted by molar-refractivity contribution is 5.76. The van der Waals surface area contributed by atoms with Crippen LogP contribution in [0.1, 0.15) is 516 Å². The fourth-order valence-electron chi connectivity index (χ4n) is 18.8. The van der Waals surface area contributed by atoms with Crippen molar-refractivity contribution in [2.24, 2.45) is 21.7 Å². The Labute approximate surface area is 717 Å². The van der Waals surface area contributed by atoms with Crippen LogP contribution in [0.25, 0.3) is 0 Å². The summed E-state index contributed by atoms with van der Waals surface area (Å²) >= 11 is 0. The van der Waals surface area contributed by atoms with Gasteiger partial charge in [-0.1, -0.05) is 389 Å². The number of hydrogen-bond donors (Lipinski definition) is 4. The zero-order valence-electron chi connectivity index (χ0n) is 78.6. The second-order valence-corrected chi connectivity index (χ2v) is 37.0. The first kappa shape index (κ1) is 110. The van der Waals surface area contributed by atoms with Crippen LogP contribution in [0.3, 0.4) is 0 Å². The average molecular weight is 1630 g/mol. The number of nitrogens with zero attached hydrogens (tertiary/aromatic N) is 6. The van der Waals surface area contributed by atoms with E-state index in [0.29, 0.717) is 0 Å². The van der Waals surface area contributed by atoms with Gasteiger partial charge in [-0.2, -0.15) is 0 Å². The molecule has 0 bridgehead atoms. The first-order valence-electron chi connectivity index (χ1n) is 50.7. The summed E-state index contributed by atoms with van der Waals surface area (Å²) in [7, 11) is 0. The van der Waals surface area contributed by atoms with Gasteiger partial charge in [-0.05, 0) is 169 Å². The molecule has 2 heterocycles. The normalized spacial score (nSPS) is 13.9. The van der Waals surface area contributed by atoms with Gasteiger partial charge in [0, 0.05) is 37.9 Å². The van der Waals surface area contributed by atoms with E-state index in [4.69, 9.17) is 0 Å². The summed E-state index contributed by atoms with van der Waals surface area (Å²) in [6, 6.07) is 0. The Morgan fingerprint density at radius 2 is 0.388 bits per heavy atom. The van der Waals surface area contributed by atoms with Gasteiger partial charge in [0.15, 0.2) is 0 Å². The lowest BCUT2D eigenvalue weighted by molar-refractivity contribution is -0.151. The van der Waals surface area contributed by atoms with Crippen LogP contribution in [0.4, 0.5) is 0 Å². The molecule has 2 aromatic heterocycles. The minimum atomic E-state index is -0.546. The fraction of sp³-hybridized carbons (Fsp3) is 0.902. The Morgan fingerprint density at radius 3 is 0.543 bits per heavy atom. The summed E-state index contributed by atoms with van der Waals surface area (Å²) in [5.74, 6) is -0.0357. The van der Waals surface area contributed by atoms with E-state index in [1.165, 1.54) is 180 Å². The van der Waals surface area contributed by atoms with Crippen molar-refractivity contribution in [1.82, 2.24) is 28.9 Å². The van der Waals surface area contributed by atoms with E-state index < -0.39 is 45.5 Å². The second-order valence-electron chi connectivity index (χ2n) is 37.0. The number of hydrogen-bond acceptors (Lipinski definition) is 8. The molecule has 4 unspecified atom stereocenters. The Balaban J connectivity index is 0.00000116. The van der Waals surface area contributed by atoms with Gasteiger partial charge in [-0.15, -0.1) is 0 Å². The van der Waals surface area contributed by atoms with Crippen LogP contribution >= 0.6 is 0 Å². The highest BCUT2D eigenvalue weighted by Gasteiger charge is 2.40. The SMILES string of the molecule is CCCCCCCCC(CCCCCC)(CCCCCCN(CCCCCCC(CCCCCC)(CCCCCCCC)C(=O)O)CCCn1ccnc1C)C(=O)O.CCCCCCCCC(CCCCCC)(CCCCCCN(CCCCCCC(CCCCCC)(CCCCCCCC)C(=O)O)CCCn1ccnc1C)C(=O)O. The fourth-order valence-corrected chi connectivity index (χ4v) is 18.8. The highest BCUT2D eigenvalue weighted by Crippen LogP contribution is 2.42. The maximum atomic E-state index is 12.8. The summed E-state index contributed by atoms with van der Waals surface area (Å²) < 4.78 is 4.50. The predicted octanol–water partition coefficient (Wildman–Crippen LogP) is 30.7. The summed E-state index contributed by atoms with van der Waals surface area (Å²) in [6.07, 6.45) is 85.5. The number of carboxylic acids is 4. The van der Waals surface area contributed by atoms with Gasteiger partial charge in [0.2, 0.25) is 0 Å². The molecule has 14 nitrogen and oxygen atoms in total. The number of imidazole rings is 2. The minimum Gasteiger partial charge on any atom is -0.481 e. The van der Waals surface area contributed by atoms with E-state index in [9.17, 15) is 39.6 Å². The largest absolute Gasteiger partial charge is 0.481 e. The molecule has 2 rings (SSSR count). The van der Waals surface area contributed by atoms with Crippen LogP contribution < -0.4 is 0 Å². The van der Waals surface area contributed by atoms with Gasteiger partial charge >= 0.3 is 23.9 Å². The van der Waals surface area contributed by atoms with Crippen LogP contribution in [0, 0.1) is 35.5 Å². The zero-order chi connectivity index (χ0) is 85.2. The van der Waals surface area contributed by atoms with Crippen molar-refractivity contribution < 1.29 is 39.6 Å². The minimum absolute atomic E-state index is 0.538. The van der Waals surface area contributed by atoms with Crippen molar-refractivity contribution in [1.29, 1.82) is 0 Å². The maximum absolute atomic E-state index is 12.8. The van der Waals surface area contributed by atoms with Crippen molar-refractivity contribution >= 4 is 23.9 Å². The van der Waals surface area contributed by atoms with Crippen LogP contribution in [0.5, 0.6) is 0 Å². The number of carboxylic acid groups (broad SMARTS) is 4. The van der Waals surface area contributed by atoms with Gasteiger partial charge in [0.05, 0.1) is 21.7 Å². The van der Waals surface area contributed by atoms with E-state index in [0.717, 1.165) is 334 Å². The standard InChI is InChI=1S/2C51H97N3O4/c2*1-6-10-14-18-20-28-37-50(48(55)56,35-26-16-12-8-3)39-30-22-24-32-42-53(44-34-45-54-46-41-52-47(54)5)43-33-25-23-31-40-51(49(57)58,36-27-17-13-9-4)38-29-21-19-15-11-7-2/h2*41,46H,6-40,42-45H2,1-5H3,(H,55,56)(H,57,58). The maximum Gasteiger partial charge on any atom is 0.309 e. The lowest BCUT2D eigenvalue weighted by atomic mass is 9.74. The van der Waals surface area contributed by atoms with Crippen molar-refractivity contribution in [3.8, 4) is 0 Å². The average Bonchev–Trinajstić information content (AvgIpc) is 1.16. The Morgan fingerprint density at radius 1 is 0.241 bits per heavy atom. The molecule has 0 spiro atoms. The van der Waals surface area contributed by atoms with E-state index in [2.05, 4.69) is 111 Å². The third kappa shape index (κ3) is 53.9. The van der Waals surface area contributed by atoms with Gasteiger partial charge in [0.1, 0.15) is 11.6 Å². The van der Waals surface area contributed by atoms with E-state index in [1.807, 2.05) is 12.4 Å². The predicted molar refractivity (Wildman–Crippen MR) is 496 cm³/mol. The number of rotatable bonds is 88. The molecule has 0 radical (unpaired) electrons. The molecule has 0 saturated heterocycles. The van der Waals surface area contributed by atoms with Crippen LogP contribution in [-0.4, -0.2) is 112 Å². The monoisotopic (exact) mass is 1630 g/mol. The lowest BCUT2D eigenvalue weighted by Crippen LogP contribution is -2.31. The highest BCUT2D eigenvalue weighted by atomic mass is 16.4. The topological polar surface area (TPSA) is 191 Å².